The molecule has 6 rings (SSSR count). The second kappa shape index (κ2) is 9.81. The van der Waals surface area contributed by atoms with Crippen molar-refractivity contribution in [1.29, 1.82) is 0 Å². The van der Waals surface area contributed by atoms with Crippen molar-refractivity contribution in [2.24, 2.45) is 0 Å². The average molecular weight is 526 g/mol. The highest BCUT2D eigenvalue weighted by Crippen LogP contribution is 2.46. The van der Waals surface area contributed by atoms with E-state index < -0.39 is 0 Å². The maximum absolute atomic E-state index is 11.3. The number of rotatable bonds is 7. The fraction of sp³-hybridized carbons (Fsp3) is 0.333. The summed E-state index contributed by atoms with van der Waals surface area (Å²) >= 11 is 13.0. The third kappa shape index (κ3) is 4.71. The summed E-state index contributed by atoms with van der Waals surface area (Å²) in [7, 11) is 0. The fourth-order valence-electron chi connectivity index (χ4n) is 4.79. The lowest BCUT2D eigenvalue weighted by Crippen LogP contribution is -2.37. The zero-order chi connectivity index (χ0) is 24.6. The van der Waals surface area contributed by atoms with Gasteiger partial charge in [-0.05, 0) is 62.1 Å². The van der Waals surface area contributed by atoms with Gasteiger partial charge in [-0.3, -0.25) is 4.79 Å². The number of H-pyrrole nitrogens is 1. The van der Waals surface area contributed by atoms with E-state index in [0.717, 1.165) is 61.3 Å². The number of hydrogen-bond donors (Lipinski definition) is 1. The lowest BCUT2D eigenvalue weighted by Gasteiger charge is -2.33. The van der Waals surface area contributed by atoms with Crippen LogP contribution in [0.5, 0.6) is 0 Å². The molecule has 0 unspecified atom stereocenters. The third-order valence-electron chi connectivity index (χ3n) is 6.91. The van der Waals surface area contributed by atoms with Gasteiger partial charge in [0.2, 0.25) is 0 Å². The number of anilines is 1. The SMILES string of the molecule is O=c1cc(-c2ccc(N3CCC(OCc4c(-c5c(Cl)cccc5Cl)noc4C4CC4)CC3)cc2)o[nH]1. The van der Waals surface area contributed by atoms with Crippen molar-refractivity contribution in [2.75, 3.05) is 18.0 Å². The van der Waals surface area contributed by atoms with Gasteiger partial charge < -0.3 is 18.7 Å². The van der Waals surface area contributed by atoms with Gasteiger partial charge in [-0.15, -0.1) is 0 Å². The molecule has 0 spiro atoms. The van der Waals surface area contributed by atoms with Crippen molar-refractivity contribution in [1.82, 2.24) is 10.3 Å². The van der Waals surface area contributed by atoms with E-state index in [1.54, 1.807) is 0 Å². The number of hydrogen-bond acceptors (Lipinski definition) is 6. The zero-order valence-corrected chi connectivity index (χ0v) is 21.0. The molecule has 3 heterocycles. The summed E-state index contributed by atoms with van der Waals surface area (Å²) in [5.41, 5.74) is 4.11. The molecule has 1 saturated carbocycles. The minimum Gasteiger partial charge on any atom is -0.378 e. The van der Waals surface area contributed by atoms with Crippen LogP contribution < -0.4 is 10.5 Å². The van der Waals surface area contributed by atoms with Crippen LogP contribution >= 0.6 is 23.2 Å². The van der Waals surface area contributed by atoms with E-state index in [1.165, 1.54) is 6.07 Å². The lowest BCUT2D eigenvalue weighted by molar-refractivity contribution is 0.0246. The molecule has 2 aliphatic rings. The van der Waals surface area contributed by atoms with Crippen molar-refractivity contribution in [3.8, 4) is 22.6 Å². The van der Waals surface area contributed by atoms with Crippen molar-refractivity contribution < 1.29 is 13.8 Å². The van der Waals surface area contributed by atoms with Gasteiger partial charge in [0.15, 0.2) is 5.76 Å². The van der Waals surface area contributed by atoms with E-state index in [0.29, 0.717) is 39.6 Å². The van der Waals surface area contributed by atoms with Gasteiger partial charge in [-0.2, -0.15) is 5.16 Å². The van der Waals surface area contributed by atoms with Gasteiger partial charge in [0, 0.05) is 41.4 Å². The van der Waals surface area contributed by atoms with Crippen LogP contribution in [0, 0.1) is 0 Å². The van der Waals surface area contributed by atoms with Crippen molar-refractivity contribution in [3.63, 3.8) is 0 Å². The molecule has 7 nitrogen and oxygen atoms in total. The van der Waals surface area contributed by atoms with Gasteiger partial charge in [0.1, 0.15) is 11.5 Å². The molecule has 2 aromatic carbocycles. The number of benzene rings is 2. The van der Waals surface area contributed by atoms with E-state index in [1.807, 2.05) is 30.3 Å². The van der Waals surface area contributed by atoms with Gasteiger partial charge in [-0.1, -0.05) is 34.4 Å². The van der Waals surface area contributed by atoms with E-state index in [9.17, 15) is 4.79 Å². The number of aromatic nitrogens is 2. The molecule has 36 heavy (non-hydrogen) atoms. The van der Waals surface area contributed by atoms with Crippen LogP contribution in [-0.2, 0) is 11.3 Å². The Morgan fingerprint density at radius 2 is 1.75 bits per heavy atom. The van der Waals surface area contributed by atoms with Gasteiger partial charge in [0.05, 0.1) is 28.8 Å². The van der Waals surface area contributed by atoms with Crippen LogP contribution in [0.1, 0.15) is 42.9 Å². The summed E-state index contributed by atoms with van der Waals surface area (Å²) in [6.07, 6.45) is 4.18. The second-order valence-electron chi connectivity index (χ2n) is 9.37. The Morgan fingerprint density at radius 3 is 2.39 bits per heavy atom. The largest absolute Gasteiger partial charge is 0.378 e. The first-order valence-electron chi connectivity index (χ1n) is 12.1. The van der Waals surface area contributed by atoms with Crippen molar-refractivity contribution in [3.05, 3.63) is 80.3 Å². The van der Waals surface area contributed by atoms with Crippen molar-refractivity contribution in [2.45, 2.75) is 44.3 Å². The normalized spacial score (nSPS) is 16.6. The molecule has 0 atom stereocenters. The van der Waals surface area contributed by atoms with Gasteiger partial charge in [0.25, 0.3) is 5.56 Å². The Bertz CT molecular complexity index is 1390. The highest BCUT2D eigenvalue weighted by Gasteiger charge is 2.34. The Labute approximate surface area is 217 Å². The molecule has 0 bridgehead atoms. The molecule has 186 valence electrons. The molecule has 2 fully saturated rings. The molecule has 1 N–H and O–H groups in total. The van der Waals surface area contributed by atoms with E-state index in [4.69, 9.17) is 37.0 Å². The first kappa shape index (κ1) is 23.4. The predicted molar refractivity (Wildman–Crippen MR) is 139 cm³/mol. The fourth-order valence-corrected chi connectivity index (χ4v) is 5.37. The first-order valence-corrected chi connectivity index (χ1v) is 12.9. The number of nitrogens with zero attached hydrogens (tertiary/aromatic N) is 2. The summed E-state index contributed by atoms with van der Waals surface area (Å²) in [5, 5.41) is 7.79. The number of piperidine rings is 1. The Hall–Kier alpha value is -3.00. The van der Waals surface area contributed by atoms with Crippen LogP contribution in [0.4, 0.5) is 5.69 Å². The molecule has 0 amide bonds. The third-order valence-corrected chi connectivity index (χ3v) is 7.54. The highest BCUT2D eigenvalue weighted by molar-refractivity contribution is 6.39. The minimum absolute atomic E-state index is 0.145. The minimum atomic E-state index is -0.242. The number of aromatic amines is 1. The van der Waals surface area contributed by atoms with Crippen molar-refractivity contribution >= 4 is 28.9 Å². The Morgan fingerprint density at radius 1 is 1.03 bits per heavy atom. The number of halogens is 2. The Kier molecular flexibility index (Phi) is 6.37. The summed E-state index contributed by atoms with van der Waals surface area (Å²) < 4.78 is 17.3. The number of nitrogens with one attached hydrogen (secondary N) is 1. The molecular formula is C27H25Cl2N3O4. The standard InChI is InChI=1S/C27H25Cl2N3O4/c28-21-2-1-3-22(29)25(21)26-20(27(36-31-26)17-4-5-17)15-34-19-10-12-32(13-11-19)18-8-6-16(7-9-18)23-14-24(33)30-35-23/h1-3,6-9,14,17,19H,4-5,10-13,15H2,(H,30,33). The molecule has 9 heteroatoms. The quantitative estimate of drug-likeness (QED) is 0.290. The van der Waals surface area contributed by atoms with E-state index in [2.05, 4.69) is 27.3 Å². The van der Waals surface area contributed by atoms with Crippen LogP contribution in [0.25, 0.3) is 22.6 Å². The van der Waals surface area contributed by atoms with Crippen LogP contribution in [0.3, 0.4) is 0 Å². The molecule has 1 aliphatic carbocycles. The summed E-state index contributed by atoms with van der Waals surface area (Å²) in [6.45, 7) is 2.21. The van der Waals surface area contributed by atoms with Crippen LogP contribution in [0.15, 0.2) is 62.4 Å². The first-order chi connectivity index (χ1) is 17.6. The maximum Gasteiger partial charge on any atom is 0.280 e. The maximum atomic E-state index is 11.3. The summed E-state index contributed by atoms with van der Waals surface area (Å²) in [5.74, 6) is 1.84. The molecule has 1 saturated heterocycles. The smallest absolute Gasteiger partial charge is 0.280 e. The van der Waals surface area contributed by atoms with E-state index >= 15 is 0 Å². The molecule has 0 radical (unpaired) electrons. The van der Waals surface area contributed by atoms with Gasteiger partial charge >= 0.3 is 0 Å². The summed E-state index contributed by atoms with van der Waals surface area (Å²) in [4.78, 5) is 13.7. The lowest BCUT2D eigenvalue weighted by atomic mass is 10.0. The molecule has 2 aromatic heterocycles. The summed E-state index contributed by atoms with van der Waals surface area (Å²) in [6, 6.07) is 15.0. The topological polar surface area (TPSA) is 84.5 Å². The highest BCUT2D eigenvalue weighted by atomic mass is 35.5. The predicted octanol–water partition coefficient (Wildman–Crippen LogP) is 6.66. The zero-order valence-electron chi connectivity index (χ0n) is 19.5. The molecule has 1 aliphatic heterocycles. The molecule has 4 aromatic rings. The average Bonchev–Trinajstić information content (AvgIpc) is 3.51. The van der Waals surface area contributed by atoms with E-state index in [-0.39, 0.29) is 11.7 Å². The number of ether oxygens (including phenoxy) is 1. The molecular weight excluding hydrogens is 501 g/mol. The monoisotopic (exact) mass is 525 g/mol. The second-order valence-corrected chi connectivity index (χ2v) is 10.2. The van der Waals surface area contributed by atoms with Crippen LogP contribution in [0.2, 0.25) is 10.0 Å². The Balaban J connectivity index is 1.11. The van der Waals surface area contributed by atoms with Crippen LogP contribution in [-0.4, -0.2) is 29.5 Å². The van der Waals surface area contributed by atoms with Gasteiger partial charge in [-0.25, -0.2) is 0 Å².